The van der Waals surface area contributed by atoms with Crippen LogP contribution >= 0.6 is 0 Å². The first-order chi connectivity index (χ1) is 10.1. The number of amides is 3. The zero-order valence-corrected chi connectivity index (χ0v) is 12.4. The molecule has 7 nitrogen and oxygen atoms in total. The lowest BCUT2D eigenvalue weighted by atomic mass is 10.0. The van der Waals surface area contributed by atoms with E-state index in [0.717, 1.165) is 12.8 Å². The molecule has 1 fully saturated rings. The van der Waals surface area contributed by atoms with E-state index in [4.69, 9.17) is 4.74 Å². The molecule has 21 heavy (non-hydrogen) atoms. The fourth-order valence-corrected chi connectivity index (χ4v) is 2.25. The number of rotatable bonds is 6. The lowest BCUT2D eigenvalue weighted by Gasteiger charge is -2.33. The van der Waals surface area contributed by atoms with Gasteiger partial charge in [0.25, 0.3) is 0 Å². The molecule has 0 radical (unpaired) electrons. The standard InChI is InChI=1S/C14H23N3O4/c1-3-8-15-14(20)16-12(18)10-17-9-6-5-7-11(17)13(19)21-4-2/h3,11H,1,4-10H2,2H3,(H2,15,16,18,20). The highest BCUT2D eigenvalue weighted by Gasteiger charge is 2.31. The minimum absolute atomic E-state index is 0.00495. The Hall–Kier alpha value is -1.89. The molecule has 0 aliphatic carbocycles. The van der Waals surface area contributed by atoms with Crippen molar-refractivity contribution in [1.82, 2.24) is 15.5 Å². The summed E-state index contributed by atoms with van der Waals surface area (Å²) in [5, 5.41) is 4.68. The van der Waals surface area contributed by atoms with E-state index in [1.807, 2.05) is 0 Å². The lowest BCUT2D eigenvalue weighted by Crippen LogP contribution is -2.51. The van der Waals surface area contributed by atoms with E-state index in [-0.39, 0.29) is 19.1 Å². The summed E-state index contributed by atoms with van der Waals surface area (Å²) in [5.74, 6) is -0.742. The number of piperidine rings is 1. The first-order valence-electron chi connectivity index (χ1n) is 7.17. The van der Waals surface area contributed by atoms with E-state index >= 15 is 0 Å². The maximum absolute atomic E-state index is 11.9. The molecular formula is C14H23N3O4. The molecule has 0 aromatic heterocycles. The van der Waals surface area contributed by atoms with Gasteiger partial charge in [0.05, 0.1) is 13.2 Å². The third-order valence-electron chi connectivity index (χ3n) is 3.18. The summed E-state index contributed by atoms with van der Waals surface area (Å²) >= 11 is 0. The molecule has 0 bridgehead atoms. The number of hydrogen-bond acceptors (Lipinski definition) is 5. The van der Waals surface area contributed by atoms with Crippen molar-refractivity contribution < 1.29 is 19.1 Å². The van der Waals surface area contributed by atoms with Gasteiger partial charge in [0.1, 0.15) is 6.04 Å². The van der Waals surface area contributed by atoms with Crippen LogP contribution in [0, 0.1) is 0 Å². The number of ether oxygens (including phenoxy) is 1. The van der Waals surface area contributed by atoms with Gasteiger partial charge in [0.15, 0.2) is 0 Å². The average Bonchev–Trinajstić information content (AvgIpc) is 2.45. The van der Waals surface area contributed by atoms with Gasteiger partial charge in [-0.15, -0.1) is 6.58 Å². The normalized spacial score (nSPS) is 18.6. The summed E-state index contributed by atoms with van der Waals surface area (Å²) in [4.78, 5) is 36.8. The monoisotopic (exact) mass is 297 g/mol. The van der Waals surface area contributed by atoms with Crippen molar-refractivity contribution in [2.45, 2.75) is 32.2 Å². The highest BCUT2D eigenvalue weighted by molar-refractivity contribution is 5.95. The van der Waals surface area contributed by atoms with Crippen LogP contribution in [0.5, 0.6) is 0 Å². The summed E-state index contributed by atoms with van der Waals surface area (Å²) < 4.78 is 5.02. The summed E-state index contributed by atoms with van der Waals surface area (Å²) in [6.07, 6.45) is 4.05. The fraction of sp³-hybridized carbons (Fsp3) is 0.643. The van der Waals surface area contributed by atoms with E-state index < -0.39 is 18.0 Å². The van der Waals surface area contributed by atoms with Crippen molar-refractivity contribution in [2.24, 2.45) is 0 Å². The Balaban J connectivity index is 2.49. The predicted molar refractivity (Wildman–Crippen MR) is 77.6 cm³/mol. The van der Waals surface area contributed by atoms with E-state index in [1.54, 1.807) is 11.8 Å². The zero-order valence-electron chi connectivity index (χ0n) is 12.4. The number of imide groups is 1. The van der Waals surface area contributed by atoms with Crippen molar-refractivity contribution in [2.75, 3.05) is 26.2 Å². The zero-order chi connectivity index (χ0) is 15.7. The van der Waals surface area contributed by atoms with E-state index in [9.17, 15) is 14.4 Å². The molecule has 2 N–H and O–H groups in total. The van der Waals surface area contributed by atoms with Crippen LogP contribution < -0.4 is 10.6 Å². The minimum Gasteiger partial charge on any atom is -0.465 e. The van der Waals surface area contributed by atoms with Crippen LogP contribution in [0.25, 0.3) is 0 Å². The molecule has 3 amide bonds. The van der Waals surface area contributed by atoms with Crippen LogP contribution in [-0.2, 0) is 14.3 Å². The van der Waals surface area contributed by atoms with Gasteiger partial charge in [-0.2, -0.15) is 0 Å². The molecule has 118 valence electrons. The second-order valence-electron chi connectivity index (χ2n) is 4.78. The van der Waals surface area contributed by atoms with Gasteiger partial charge in [-0.05, 0) is 26.3 Å². The van der Waals surface area contributed by atoms with Gasteiger partial charge >= 0.3 is 12.0 Å². The van der Waals surface area contributed by atoms with Crippen molar-refractivity contribution >= 4 is 17.9 Å². The average molecular weight is 297 g/mol. The number of carbonyl (C=O) groups excluding carboxylic acids is 3. The van der Waals surface area contributed by atoms with Gasteiger partial charge in [-0.25, -0.2) is 4.79 Å². The largest absolute Gasteiger partial charge is 0.465 e. The first-order valence-corrected chi connectivity index (χ1v) is 7.17. The molecule has 1 heterocycles. The number of nitrogens with one attached hydrogen (secondary N) is 2. The van der Waals surface area contributed by atoms with Crippen LogP contribution in [-0.4, -0.2) is 55.1 Å². The first kappa shape index (κ1) is 17.2. The van der Waals surface area contributed by atoms with Crippen molar-refractivity contribution in [3.05, 3.63) is 12.7 Å². The molecule has 1 atom stereocenters. The molecule has 0 saturated carbocycles. The van der Waals surface area contributed by atoms with Gasteiger partial charge in [-0.3, -0.25) is 19.8 Å². The van der Waals surface area contributed by atoms with Crippen LogP contribution in [0.15, 0.2) is 12.7 Å². The van der Waals surface area contributed by atoms with Crippen LogP contribution in [0.3, 0.4) is 0 Å². The number of esters is 1. The number of hydrogen-bond donors (Lipinski definition) is 2. The van der Waals surface area contributed by atoms with Crippen LogP contribution in [0.2, 0.25) is 0 Å². The molecule has 1 aliphatic rings. The van der Waals surface area contributed by atoms with E-state index in [1.165, 1.54) is 6.08 Å². The van der Waals surface area contributed by atoms with Crippen molar-refractivity contribution in [3.63, 3.8) is 0 Å². The van der Waals surface area contributed by atoms with Gasteiger partial charge in [0, 0.05) is 6.54 Å². The molecule has 0 aromatic rings. The quantitative estimate of drug-likeness (QED) is 0.548. The van der Waals surface area contributed by atoms with Gasteiger partial charge in [-0.1, -0.05) is 12.5 Å². The van der Waals surface area contributed by atoms with Gasteiger partial charge in [0.2, 0.25) is 5.91 Å². The Morgan fingerprint density at radius 1 is 1.38 bits per heavy atom. The Bertz CT molecular complexity index is 398. The van der Waals surface area contributed by atoms with E-state index in [0.29, 0.717) is 19.6 Å². The third-order valence-corrected chi connectivity index (χ3v) is 3.18. The Labute approximate surface area is 124 Å². The SMILES string of the molecule is C=CCNC(=O)NC(=O)CN1CCCCC1C(=O)OCC. The number of urea groups is 1. The Kier molecular flexibility index (Phi) is 7.45. The number of likely N-dealkylation sites (tertiary alicyclic amines) is 1. The molecule has 1 unspecified atom stereocenters. The highest BCUT2D eigenvalue weighted by atomic mass is 16.5. The second-order valence-corrected chi connectivity index (χ2v) is 4.78. The molecule has 0 aromatic carbocycles. The fourth-order valence-electron chi connectivity index (χ4n) is 2.25. The maximum atomic E-state index is 11.9. The maximum Gasteiger partial charge on any atom is 0.323 e. The molecule has 1 aliphatic heterocycles. The minimum atomic E-state index is -0.565. The smallest absolute Gasteiger partial charge is 0.323 e. The third kappa shape index (κ3) is 5.95. The topological polar surface area (TPSA) is 87.7 Å². The Morgan fingerprint density at radius 3 is 2.81 bits per heavy atom. The molecular weight excluding hydrogens is 274 g/mol. The summed E-state index contributed by atoms with van der Waals surface area (Å²) in [6.45, 7) is 6.47. The molecule has 7 heteroatoms. The molecule has 0 spiro atoms. The number of carbonyl (C=O) groups is 3. The number of nitrogens with zero attached hydrogens (tertiary/aromatic N) is 1. The van der Waals surface area contributed by atoms with Crippen LogP contribution in [0.4, 0.5) is 4.79 Å². The van der Waals surface area contributed by atoms with E-state index in [2.05, 4.69) is 17.2 Å². The molecule has 1 rings (SSSR count). The second kappa shape index (κ2) is 9.12. The summed E-state index contributed by atoms with van der Waals surface area (Å²) in [7, 11) is 0. The summed E-state index contributed by atoms with van der Waals surface area (Å²) in [5.41, 5.74) is 0. The lowest BCUT2D eigenvalue weighted by molar-refractivity contribution is -0.151. The van der Waals surface area contributed by atoms with Gasteiger partial charge < -0.3 is 10.1 Å². The Morgan fingerprint density at radius 2 is 2.14 bits per heavy atom. The van der Waals surface area contributed by atoms with Crippen LogP contribution in [0.1, 0.15) is 26.2 Å². The predicted octanol–water partition coefficient (Wildman–Crippen LogP) is 0.416. The van der Waals surface area contributed by atoms with Crippen molar-refractivity contribution in [3.8, 4) is 0 Å². The molecule has 1 saturated heterocycles. The highest BCUT2D eigenvalue weighted by Crippen LogP contribution is 2.17. The summed E-state index contributed by atoms with van der Waals surface area (Å²) in [6, 6.07) is -0.967. The van der Waals surface area contributed by atoms with Crippen molar-refractivity contribution in [1.29, 1.82) is 0 Å².